The molecule has 1 heterocycles. The van der Waals surface area contributed by atoms with Gasteiger partial charge in [0.15, 0.2) is 0 Å². The molecule has 1 saturated heterocycles. The molecule has 2 aliphatic rings. The van der Waals surface area contributed by atoms with Gasteiger partial charge in [-0.1, -0.05) is 36.4 Å². The molecule has 1 fully saturated rings. The highest BCUT2D eigenvalue weighted by atomic mass is 16.2. The summed E-state index contributed by atoms with van der Waals surface area (Å²) < 4.78 is 0. The Morgan fingerprint density at radius 2 is 1.63 bits per heavy atom. The fourth-order valence-electron chi connectivity index (χ4n) is 4.16. The number of hydrogen-bond donors (Lipinski definition) is 1. The van der Waals surface area contributed by atoms with Crippen LogP contribution < -0.4 is 5.32 Å². The molecular weight excluding hydrogens is 334 g/mol. The lowest BCUT2D eigenvalue weighted by Gasteiger charge is -2.34. The molecule has 1 N–H and O–H groups in total. The molecule has 1 aliphatic heterocycles. The van der Waals surface area contributed by atoms with E-state index in [1.807, 2.05) is 6.07 Å². The number of rotatable bonds is 6. The Labute approximate surface area is 162 Å². The lowest BCUT2D eigenvalue weighted by molar-refractivity contribution is -0.117. The van der Waals surface area contributed by atoms with Crippen LogP contribution in [0.1, 0.15) is 23.1 Å². The van der Waals surface area contributed by atoms with E-state index in [-0.39, 0.29) is 5.91 Å². The number of carbonyl (C=O) groups is 1. The number of nitrogens with zero attached hydrogens (tertiary/aromatic N) is 2. The molecule has 0 radical (unpaired) electrons. The van der Waals surface area contributed by atoms with Crippen LogP contribution in [0.2, 0.25) is 0 Å². The van der Waals surface area contributed by atoms with E-state index in [2.05, 4.69) is 57.6 Å². The van der Waals surface area contributed by atoms with Gasteiger partial charge in [-0.25, -0.2) is 0 Å². The van der Waals surface area contributed by atoms with Gasteiger partial charge in [-0.15, -0.1) is 0 Å². The van der Waals surface area contributed by atoms with E-state index in [0.29, 0.717) is 6.54 Å². The molecule has 0 aromatic heterocycles. The van der Waals surface area contributed by atoms with Crippen LogP contribution >= 0.6 is 0 Å². The largest absolute Gasteiger partial charge is 0.325 e. The van der Waals surface area contributed by atoms with E-state index in [1.165, 1.54) is 29.5 Å². The first-order valence-electron chi connectivity index (χ1n) is 10.2. The van der Waals surface area contributed by atoms with Crippen LogP contribution in [-0.4, -0.2) is 55.0 Å². The minimum Gasteiger partial charge on any atom is -0.325 e. The zero-order valence-electron chi connectivity index (χ0n) is 16.0. The van der Waals surface area contributed by atoms with E-state index in [1.54, 1.807) is 0 Å². The molecule has 1 aliphatic carbocycles. The molecule has 2 aromatic rings. The average Bonchev–Trinajstić information content (AvgIpc) is 3.16. The van der Waals surface area contributed by atoms with Crippen LogP contribution in [0.25, 0.3) is 0 Å². The first kappa shape index (κ1) is 18.2. The van der Waals surface area contributed by atoms with Crippen LogP contribution in [0, 0.1) is 0 Å². The highest BCUT2D eigenvalue weighted by Crippen LogP contribution is 2.24. The Kier molecular flexibility index (Phi) is 5.85. The average molecular weight is 364 g/mol. The van der Waals surface area contributed by atoms with Gasteiger partial charge >= 0.3 is 0 Å². The molecule has 0 saturated carbocycles. The van der Waals surface area contributed by atoms with Crippen molar-refractivity contribution in [3.63, 3.8) is 0 Å². The lowest BCUT2D eigenvalue weighted by atomic mass is 10.1. The van der Waals surface area contributed by atoms with Crippen molar-refractivity contribution < 1.29 is 4.79 Å². The van der Waals surface area contributed by atoms with Crippen LogP contribution in [0.3, 0.4) is 0 Å². The molecule has 4 heteroatoms. The highest BCUT2D eigenvalue weighted by Gasteiger charge is 2.19. The first-order valence-corrected chi connectivity index (χ1v) is 10.2. The summed E-state index contributed by atoms with van der Waals surface area (Å²) >= 11 is 0. The SMILES string of the molecule is O=C(CN1CCN(CCc2ccccc2)CC1)Nc1ccc2c(c1)CCC2. The number of anilines is 1. The summed E-state index contributed by atoms with van der Waals surface area (Å²) in [6, 6.07) is 17.0. The molecule has 0 atom stereocenters. The lowest BCUT2D eigenvalue weighted by Crippen LogP contribution is -2.49. The van der Waals surface area contributed by atoms with Crippen molar-refractivity contribution in [2.24, 2.45) is 0 Å². The summed E-state index contributed by atoms with van der Waals surface area (Å²) in [4.78, 5) is 17.2. The second-order valence-corrected chi connectivity index (χ2v) is 7.74. The molecule has 27 heavy (non-hydrogen) atoms. The van der Waals surface area contributed by atoms with Crippen molar-refractivity contribution in [3.8, 4) is 0 Å². The van der Waals surface area contributed by atoms with Gasteiger partial charge in [0.2, 0.25) is 5.91 Å². The van der Waals surface area contributed by atoms with Crippen molar-refractivity contribution in [1.29, 1.82) is 0 Å². The van der Waals surface area contributed by atoms with E-state index >= 15 is 0 Å². The zero-order valence-corrected chi connectivity index (χ0v) is 16.0. The summed E-state index contributed by atoms with van der Waals surface area (Å²) in [7, 11) is 0. The Hall–Kier alpha value is -2.17. The minimum atomic E-state index is 0.102. The van der Waals surface area contributed by atoms with E-state index < -0.39 is 0 Å². The number of benzene rings is 2. The van der Waals surface area contributed by atoms with Crippen LogP contribution in [0.5, 0.6) is 0 Å². The third-order valence-electron chi connectivity index (χ3n) is 5.77. The second kappa shape index (κ2) is 8.68. The number of aryl methyl sites for hydroxylation is 2. The second-order valence-electron chi connectivity index (χ2n) is 7.74. The fourth-order valence-corrected chi connectivity index (χ4v) is 4.16. The molecule has 0 spiro atoms. The summed E-state index contributed by atoms with van der Waals surface area (Å²) in [6.45, 7) is 5.60. The predicted molar refractivity (Wildman–Crippen MR) is 110 cm³/mol. The van der Waals surface area contributed by atoms with E-state index in [4.69, 9.17) is 0 Å². The summed E-state index contributed by atoms with van der Waals surface area (Å²) in [5.74, 6) is 0.102. The molecular formula is C23H29N3O. The van der Waals surface area contributed by atoms with Crippen LogP contribution in [-0.2, 0) is 24.1 Å². The third kappa shape index (κ3) is 4.96. The standard InChI is InChI=1S/C23H29N3O/c27-23(24-22-10-9-20-7-4-8-21(20)17-22)18-26-15-13-25(14-16-26)12-11-19-5-2-1-3-6-19/h1-3,5-6,9-10,17H,4,7-8,11-16,18H2,(H,24,27). The van der Waals surface area contributed by atoms with Gasteiger partial charge in [-0.3, -0.25) is 9.69 Å². The number of piperazine rings is 1. The Morgan fingerprint density at radius 1 is 0.889 bits per heavy atom. The van der Waals surface area contributed by atoms with Gasteiger partial charge < -0.3 is 10.2 Å². The van der Waals surface area contributed by atoms with Gasteiger partial charge in [0.25, 0.3) is 0 Å². The summed E-state index contributed by atoms with van der Waals surface area (Å²) in [5, 5.41) is 3.08. The van der Waals surface area contributed by atoms with Crippen molar-refractivity contribution in [1.82, 2.24) is 9.80 Å². The summed E-state index contributed by atoms with van der Waals surface area (Å²) in [5.41, 5.74) is 5.19. The van der Waals surface area contributed by atoms with Crippen molar-refractivity contribution in [2.75, 3.05) is 44.6 Å². The molecule has 0 unspecified atom stereocenters. The molecule has 142 valence electrons. The van der Waals surface area contributed by atoms with E-state index in [9.17, 15) is 4.79 Å². The van der Waals surface area contributed by atoms with Gasteiger partial charge in [-0.05, 0) is 54.5 Å². The maximum Gasteiger partial charge on any atom is 0.238 e. The predicted octanol–water partition coefficient (Wildman–Crippen LogP) is 2.97. The molecule has 1 amide bonds. The highest BCUT2D eigenvalue weighted by molar-refractivity contribution is 5.92. The smallest absolute Gasteiger partial charge is 0.238 e. The molecule has 2 aromatic carbocycles. The molecule has 0 bridgehead atoms. The number of amides is 1. The van der Waals surface area contributed by atoms with Crippen LogP contribution in [0.15, 0.2) is 48.5 Å². The monoisotopic (exact) mass is 363 g/mol. The quantitative estimate of drug-likeness (QED) is 0.857. The Bertz CT molecular complexity index is 766. The summed E-state index contributed by atoms with van der Waals surface area (Å²) in [6.07, 6.45) is 4.66. The molecule has 4 nitrogen and oxygen atoms in total. The topological polar surface area (TPSA) is 35.6 Å². The van der Waals surface area contributed by atoms with Gasteiger partial charge in [0, 0.05) is 38.4 Å². The van der Waals surface area contributed by atoms with Crippen molar-refractivity contribution in [3.05, 3.63) is 65.2 Å². The van der Waals surface area contributed by atoms with Gasteiger partial charge in [0.05, 0.1) is 6.54 Å². The zero-order chi connectivity index (χ0) is 18.5. The maximum absolute atomic E-state index is 12.4. The van der Waals surface area contributed by atoms with Crippen molar-refractivity contribution in [2.45, 2.75) is 25.7 Å². The number of fused-ring (bicyclic) bond motifs is 1. The number of nitrogens with one attached hydrogen (secondary N) is 1. The Morgan fingerprint density at radius 3 is 2.44 bits per heavy atom. The normalized spacial score (nSPS) is 17.6. The van der Waals surface area contributed by atoms with E-state index in [0.717, 1.165) is 51.3 Å². The van der Waals surface area contributed by atoms with Crippen LogP contribution in [0.4, 0.5) is 5.69 Å². The maximum atomic E-state index is 12.4. The Balaban J connectivity index is 1.19. The van der Waals surface area contributed by atoms with Gasteiger partial charge in [0.1, 0.15) is 0 Å². The van der Waals surface area contributed by atoms with Gasteiger partial charge in [-0.2, -0.15) is 0 Å². The number of hydrogen-bond acceptors (Lipinski definition) is 3. The fraction of sp³-hybridized carbons (Fsp3) is 0.435. The minimum absolute atomic E-state index is 0.102. The number of carbonyl (C=O) groups excluding carboxylic acids is 1. The molecule has 4 rings (SSSR count). The third-order valence-corrected chi connectivity index (χ3v) is 5.77. The van der Waals surface area contributed by atoms with Crippen molar-refractivity contribution >= 4 is 11.6 Å². The first-order chi connectivity index (χ1) is 13.3.